The number of hydrazone groups is 1. The maximum absolute atomic E-state index is 12.9. The number of hydrogen-bond donors (Lipinski definition) is 0. The molecular weight excluding hydrogens is 399 g/mol. The van der Waals surface area contributed by atoms with Crippen LogP contribution >= 0.6 is 23.2 Å². The Morgan fingerprint density at radius 1 is 1.25 bits per heavy atom. The average molecular weight is 419 g/mol. The van der Waals surface area contributed by atoms with Crippen molar-refractivity contribution in [2.45, 2.75) is 13.3 Å². The van der Waals surface area contributed by atoms with Gasteiger partial charge in [0.15, 0.2) is 11.5 Å². The van der Waals surface area contributed by atoms with E-state index in [4.69, 9.17) is 32.7 Å². The average Bonchev–Trinajstić information content (AvgIpc) is 2.95. The fraction of sp³-hybridized carbons (Fsp3) is 0.238. The Bertz CT molecular complexity index is 926. The zero-order valence-corrected chi connectivity index (χ0v) is 17.1. The molecule has 1 heterocycles. The molecule has 0 saturated heterocycles. The van der Waals surface area contributed by atoms with Gasteiger partial charge < -0.3 is 9.47 Å². The molecule has 0 saturated carbocycles. The fourth-order valence-corrected chi connectivity index (χ4v) is 3.43. The zero-order chi connectivity index (χ0) is 20.3. The Kier molecular flexibility index (Phi) is 6.27. The van der Waals surface area contributed by atoms with E-state index in [2.05, 4.69) is 11.7 Å². The van der Waals surface area contributed by atoms with Crippen LogP contribution in [0.25, 0.3) is 0 Å². The molecule has 1 aliphatic rings. The van der Waals surface area contributed by atoms with Gasteiger partial charge in [0.2, 0.25) is 0 Å². The lowest BCUT2D eigenvalue weighted by Gasteiger charge is -2.16. The van der Waals surface area contributed by atoms with Crippen molar-refractivity contribution in [3.63, 3.8) is 0 Å². The molecule has 1 aliphatic heterocycles. The van der Waals surface area contributed by atoms with E-state index >= 15 is 0 Å². The number of anilines is 1. The summed E-state index contributed by atoms with van der Waals surface area (Å²) in [6.07, 6.45) is 2.09. The first-order valence-corrected chi connectivity index (χ1v) is 9.45. The van der Waals surface area contributed by atoms with Crippen LogP contribution in [0.15, 0.2) is 54.2 Å². The van der Waals surface area contributed by atoms with Gasteiger partial charge in [-0.15, -0.1) is 0 Å². The predicted molar refractivity (Wildman–Crippen MR) is 113 cm³/mol. The third-order valence-corrected chi connectivity index (χ3v) is 4.95. The normalized spacial score (nSPS) is 16.1. The molecule has 0 aliphatic carbocycles. The van der Waals surface area contributed by atoms with Crippen LogP contribution in [0.4, 0.5) is 5.69 Å². The number of methoxy groups -OCH3 is 1. The van der Waals surface area contributed by atoms with Crippen molar-refractivity contribution in [1.82, 2.24) is 0 Å². The van der Waals surface area contributed by atoms with Gasteiger partial charge in [0.1, 0.15) is 6.61 Å². The molecule has 0 spiro atoms. The van der Waals surface area contributed by atoms with E-state index in [9.17, 15) is 4.79 Å². The number of ether oxygens (including phenoxy) is 2. The van der Waals surface area contributed by atoms with E-state index in [-0.39, 0.29) is 11.8 Å². The predicted octanol–water partition coefficient (Wildman–Crippen LogP) is 5.15. The Balaban J connectivity index is 1.82. The largest absolute Gasteiger partial charge is 0.493 e. The number of nitrogens with zero attached hydrogens (tertiary/aromatic N) is 2. The van der Waals surface area contributed by atoms with Crippen LogP contribution in [0, 0.1) is 5.92 Å². The molecule has 0 radical (unpaired) electrons. The Morgan fingerprint density at radius 3 is 2.61 bits per heavy atom. The van der Waals surface area contributed by atoms with Crippen molar-refractivity contribution in [1.29, 1.82) is 0 Å². The molecule has 146 valence electrons. The summed E-state index contributed by atoms with van der Waals surface area (Å²) in [6, 6.07) is 10.6. The summed E-state index contributed by atoms with van der Waals surface area (Å²) in [4.78, 5) is 12.9. The van der Waals surface area contributed by atoms with Gasteiger partial charge in [0, 0.05) is 10.7 Å². The minimum absolute atomic E-state index is 0.0955. The molecule has 0 N–H and O–H groups in total. The van der Waals surface area contributed by atoms with E-state index in [1.165, 1.54) is 5.01 Å². The van der Waals surface area contributed by atoms with Gasteiger partial charge in [0.25, 0.3) is 5.91 Å². The van der Waals surface area contributed by atoms with Crippen LogP contribution in [0.5, 0.6) is 11.5 Å². The molecule has 28 heavy (non-hydrogen) atoms. The second kappa shape index (κ2) is 8.67. The lowest BCUT2D eigenvalue weighted by atomic mass is 9.95. The quantitative estimate of drug-likeness (QED) is 0.584. The van der Waals surface area contributed by atoms with Gasteiger partial charge in [-0.2, -0.15) is 5.10 Å². The second-order valence-corrected chi connectivity index (χ2v) is 7.18. The van der Waals surface area contributed by atoms with Gasteiger partial charge in [-0.1, -0.05) is 35.9 Å². The van der Waals surface area contributed by atoms with Crippen LogP contribution in [-0.4, -0.2) is 25.3 Å². The third-order valence-electron chi connectivity index (χ3n) is 4.41. The summed E-state index contributed by atoms with van der Waals surface area (Å²) >= 11 is 12.3. The highest BCUT2D eigenvalue weighted by molar-refractivity contribution is 6.32. The maximum atomic E-state index is 12.9. The minimum Gasteiger partial charge on any atom is -0.493 e. The SMILES string of the molecule is C=CCOc1c(Cl)cc(C[C@@H]2C(=O)N(c3ccc(Cl)cc3)N=C2C)cc1OC. The smallest absolute Gasteiger partial charge is 0.256 e. The van der Waals surface area contributed by atoms with Crippen molar-refractivity contribution in [2.75, 3.05) is 18.7 Å². The molecular formula is C21H20Cl2N2O3. The van der Waals surface area contributed by atoms with E-state index < -0.39 is 0 Å². The molecule has 0 aromatic heterocycles. The van der Waals surface area contributed by atoms with Crippen LogP contribution in [0.1, 0.15) is 12.5 Å². The van der Waals surface area contributed by atoms with E-state index in [0.29, 0.717) is 40.3 Å². The number of rotatable bonds is 7. The molecule has 0 fully saturated rings. The van der Waals surface area contributed by atoms with Crippen LogP contribution in [0.2, 0.25) is 10.0 Å². The maximum Gasteiger partial charge on any atom is 0.256 e. The Hall–Kier alpha value is -2.50. The number of amides is 1. The van der Waals surface area contributed by atoms with E-state index in [0.717, 1.165) is 11.3 Å². The summed E-state index contributed by atoms with van der Waals surface area (Å²) in [5, 5.41) is 6.87. The summed E-state index contributed by atoms with van der Waals surface area (Å²) < 4.78 is 11.0. The van der Waals surface area contributed by atoms with Crippen molar-refractivity contribution < 1.29 is 14.3 Å². The highest BCUT2D eigenvalue weighted by Crippen LogP contribution is 2.38. The van der Waals surface area contributed by atoms with E-state index in [1.807, 2.05) is 13.0 Å². The first kappa shape index (κ1) is 20.2. The standard InChI is InChI=1S/C21H20Cl2N2O3/c1-4-9-28-20-18(23)11-14(12-19(20)27-3)10-17-13(2)24-25(21(17)26)16-7-5-15(22)6-8-16/h4-8,11-12,17H,1,9-10H2,2-3H3/t17-/m0/s1. The van der Waals surface area contributed by atoms with Gasteiger partial charge in [-0.25, -0.2) is 5.01 Å². The molecule has 0 unspecified atom stereocenters. The van der Waals surface area contributed by atoms with Crippen LogP contribution < -0.4 is 14.5 Å². The number of hydrogen-bond acceptors (Lipinski definition) is 4. The molecule has 5 nitrogen and oxygen atoms in total. The first-order chi connectivity index (χ1) is 13.4. The van der Waals surface area contributed by atoms with Gasteiger partial charge in [0.05, 0.1) is 23.7 Å². The molecule has 2 aromatic carbocycles. The summed E-state index contributed by atoms with van der Waals surface area (Å²) in [5.41, 5.74) is 2.28. The molecule has 1 atom stereocenters. The van der Waals surface area contributed by atoms with Gasteiger partial charge in [-0.05, 0) is 55.3 Å². The lowest BCUT2D eigenvalue weighted by Crippen LogP contribution is -2.28. The van der Waals surface area contributed by atoms with Gasteiger partial charge >= 0.3 is 0 Å². The molecule has 1 amide bonds. The highest BCUT2D eigenvalue weighted by atomic mass is 35.5. The monoisotopic (exact) mass is 418 g/mol. The Morgan fingerprint density at radius 2 is 1.96 bits per heavy atom. The Labute approximate surface area is 174 Å². The van der Waals surface area contributed by atoms with Crippen LogP contribution in [0.3, 0.4) is 0 Å². The van der Waals surface area contributed by atoms with Crippen molar-refractivity contribution in [2.24, 2.45) is 11.0 Å². The minimum atomic E-state index is -0.378. The second-order valence-electron chi connectivity index (χ2n) is 6.33. The van der Waals surface area contributed by atoms with Crippen LogP contribution in [-0.2, 0) is 11.2 Å². The molecule has 3 rings (SSSR count). The van der Waals surface area contributed by atoms with Gasteiger partial charge in [-0.3, -0.25) is 4.79 Å². The van der Waals surface area contributed by atoms with Crippen molar-refractivity contribution in [3.8, 4) is 11.5 Å². The number of carbonyl (C=O) groups excluding carboxylic acids is 1. The zero-order valence-electron chi connectivity index (χ0n) is 15.6. The summed E-state index contributed by atoms with van der Waals surface area (Å²) in [6.45, 7) is 5.79. The molecule has 7 heteroatoms. The lowest BCUT2D eigenvalue weighted by molar-refractivity contribution is -0.119. The summed E-state index contributed by atoms with van der Waals surface area (Å²) in [5.74, 6) is 0.496. The van der Waals surface area contributed by atoms with Crippen molar-refractivity contribution >= 4 is 40.5 Å². The topological polar surface area (TPSA) is 51.1 Å². The fourth-order valence-electron chi connectivity index (χ4n) is 3.01. The first-order valence-electron chi connectivity index (χ1n) is 8.69. The van der Waals surface area contributed by atoms with E-state index in [1.54, 1.807) is 43.5 Å². The molecule has 2 aromatic rings. The van der Waals surface area contributed by atoms with Crippen molar-refractivity contribution in [3.05, 3.63) is 64.7 Å². The number of benzene rings is 2. The number of halogens is 2. The number of carbonyl (C=O) groups is 1. The third kappa shape index (κ3) is 4.16. The highest BCUT2D eigenvalue weighted by Gasteiger charge is 2.34. The summed E-state index contributed by atoms with van der Waals surface area (Å²) in [7, 11) is 1.55. The molecule has 0 bridgehead atoms.